The van der Waals surface area contributed by atoms with Gasteiger partial charge in [0.05, 0.1) is 6.61 Å². The topological polar surface area (TPSA) is 61.8 Å². The maximum Gasteiger partial charge on any atom is 0.306 e. The van der Waals surface area contributed by atoms with Gasteiger partial charge in [-0.25, -0.2) is 0 Å². The second-order valence-corrected chi connectivity index (χ2v) is 18.8. The average molecular weight is 898 g/mol. The molecule has 5 nitrogen and oxygen atoms in total. The first-order chi connectivity index (χ1) is 31.6. The van der Waals surface area contributed by atoms with Crippen LogP contribution in [0, 0.1) is 0 Å². The third-order valence-electron chi connectivity index (χ3n) is 12.3. The van der Waals surface area contributed by atoms with E-state index < -0.39 is 6.10 Å². The molecule has 0 aliphatic rings. The molecule has 0 aromatic heterocycles. The molecule has 0 rings (SSSR count). The summed E-state index contributed by atoms with van der Waals surface area (Å²) in [5.74, 6) is -0.402. The molecule has 0 aliphatic heterocycles. The van der Waals surface area contributed by atoms with Crippen molar-refractivity contribution in [1.82, 2.24) is 0 Å². The molecular formula is C59H108O5. The highest BCUT2D eigenvalue weighted by Crippen LogP contribution is 2.15. The Morgan fingerprint density at radius 3 is 1.09 bits per heavy atom. The van der Waals surface area contributed by atoms with E-state index in [1.807, 2.05) is 0 Å². The highest BCUT2D eigenvalue weighted by molar-refractivity contribution is 5.70. The number of esters is 2. The normalized spacial score (nSPS) is 12.5. The summed E-state index contributed by atoms with van der Waals surface area (Å²) >= 11 is 0. The molecule has 0 saturated carbocycles. The minimum Gasteiger partial charge on any atom is -0.462 e. The van der Waals surface area contributed by atoms with E-state index in [1.165, 1.54) is 193 Å². The van der Waals surface area contributed by atoms with Crippen LogP contribution < -0.4 is 0 Å². The van der Waals surface area contributed by atoms with Gasteiger partial charge in [-0.1, -0.05) is 243 Å². The van der Waals surface area contributed by atoms with Gasteiger partial charge >= 0.3 is 11.9 Å². The summed E-state index contributed by atoms with van der Waals surface area (Å²) in [5.41, 5.74) is 0. The van der Waals surface area contributed by atoms with Gasteiger partial charge in [-0.05, 0) is 83.5 Å². The van der Waals surface area contributed by atoms with Gasteiger partial charge in [0, 0.05) is 19.4 Å². The molecule has 0 saturated heterocycles. The maximum atomic E-state index is 12.8. The van der Waals surface area contributed by atoms with Crippen molar-refractivity contribution in [3.8, 4) is 0 Å². The van der Waals surface area contributed by atoms with Crippen LogP contribution in [0.4, 0.5) is 0 Å². The Morgan fingerprint density at radius 2 is 0.656 bits per heavy atom. The predicted octanol–water partition coefficient (Wildman–Crippen LogP) is 19.1. The van der Waals surface area contributed by atoms with Crippen LogP contribution in [0.2, 0.25) is 0 Å². The van der Waals surface area contributed by atoms with Crippen LogP contribution in [0.1, 0.15) is 290 Å². The number of allylic oxidation sites excluding steroid dienone is 8. The Hall–Kier alpha value is -2.14. The molecule has 0 bridgehead atoms. The fraction of sp³-hybridized carbons (Fsp3) is 0.831. The number of carbonyl (C=O) groups excluding carboxylic acids is 2. The average Bonchev–Trinajstić information content (AvgIpc) is 3.30. The lowest BCUT2D eigenvalue weighted by Crippen LogP contribution is -2.30. The van der Waals surface area contributed by atoms with Gasteiger partial charge in [0.2, 0.25) is 0 Å². The first kappa shape index (κ1) is 61.9. The van der Waals surface area contributed by atoms with Crippen molar-refractivity contribution >= 4 is 11.9 Å². The van der Waals surface area contributed by atoms with Crippen LogP contribution in [-0.2, 0) is 23.8 Å². The number of hydrogen-bond donors (Lipinski definition) is 0. The lowest BCUT2D eigenvalue weighted by atomic mass is 10.1. The van der Waals surface area contributed by atoms with Crippen molar-refractivity contribution in [3.05, 3.63) is 48.6 Å². The molecule has 0 N–H and O–H groups in total. The SMILES string of the molecule is CCCCC/C=C\C/C=C\C/C=C\CCCCCCCCC(=O)OCC(COCCCCCCCCCCCC/C=C\CCCCCCCC)OC(=O)CCCCCCCCCCC. The Balaban J connectivity index is 4.15. The lowest BCUT2D eigenvalue weighted by Gasteiger charge is -2.18. The number of carbonyl (C=O) groups is 2. The van der Waals surface area contributed by atoms with E-state index in [4.69, 9.17) is 14.2 Å². The molecule has 0 heterocycles. The highest BCUT2D eigenvalue weighted by atomic mass is 16.6. The second-order valence-electron chi connectivity index (χ2n) is 18.8. The Morgan fingerprint density at radius 1 is 0.344 bits per heavy atom. The van der Waals surface area contributed by atoms with Gasteiger partial charge in [0.25, 0.3) is 0 Å². The fourth-order valence-corrected chi connectivity index (χ4v) is 8.10. The van der Waals surface area contributed by atoms with E-state index in [0.717, 1.165) is 64.2 Å². The summed E-state index contributed by atoms with van der Waals surface area (Å²) in [6.45, 7) is 7.80. The molecule has 64 heavy (non-hydrogen) atoms. The largest absolute Gasteiger partial charge is 0.462 e. The first-order valence-corrected chi connectivity index (χ1v) is 28.2. The van der Waals surface area contributed by atoms with E-state index in [0.29, 0.717) is 19.4 Å². The summed E-state index contributed by atoms with van der Waals surface area (Å²) < 4.78 is 17.4. The van der Waals surface area contributed by atoms with Crippen LogP contribution >= 0.6 is 0 Å². The van der Waals surface area contributed by atoms with Gasteiger partial charge in [-0.15, -0.1) is 0 Å². The lowest BCUT2D eigenvalue weighted by molar-refractivity contribution is -0.163. The third-order valence-corrected chi connectivity index (χ3v) is 12.3. The molecule has 0 fully saturated rings. The number of hydrogen-bond acceptors (Lipinski definition) is 5. The van der Waals surface area contributed by atoms with E-state index in [2.05, 4.69) is 69.4 Å². The molecule has 0 aromatic rings. The van der Waals surface area contributed by atoms with Gasteiger partial charge < -0.3 is 14.2 Å². The molecule has 374 valence electrons. The van der Waals surface area contributed by atoms with Crippen LogP contribution in [0.15, 0.2) is 48.6 Å². The number of rotatable bonds is 52. The van der Waals surface area contributed by atoms with Crippen molar-refractivity contribution in [3.63, 3.8) is 0 Å². The summed E-state index contributed by atoms with van der Waals surface area (Å²) in [6, 6.07) is 0. The Kier molecular flexibility index (Phi) is 53.3. The van der Waals surface area contributed by atoms with Crippen LogP contribution in [0.3, 0.4) is 0 Å². The zero-order chi connectivity index (χ0) is 46.3. The zero-order valence-electron chi connectivity index (χ0n) is 43.1. The first-order valence-electron chi connectivity index (χ1n) is 28.2. The van der Waals surface area contributed by atoms with E-state index in [1.54, 1.807) is 0 Å². The Labute approximate surface area is 399 Å². The smallest absolute Gasteiger partial charge is 0.306 e. The summed E-state index contributed by atoms with van der Waals surface area (Å²) in [5, 5.41) is 0. The summed E-state index contributed by atoms with van der Waals surface area (Å²) in [7, 11) is 0. The van der Waals surface area contributed by atoms with Crippen LogP contribution in [-0.4, -0.2) is 37.9 Å². The van der Waals surface area contributed by atoms with Crippen molar-refractivity contribution < 1.29 is 23.8 Å². The molecule has 0 spiro atoms. The summed E-state index contributed by atoms with van der Waals surface area (Å²) in [4.78, 5) is 25.4. The van der Waals surface area contributed by atoms with E-state index in [-0.39, 0.29) is 25.2 Å². The van der Waals surface area contributed by atoms with Gasteiger partial charge in [-0.3, -0.25) is 9.59 Å². The standard InChI is InChI=1S/C59H108O5/c1-4-7-10-13-16-19-21-23-25-27-29-31-33-35-37-39-42-45-48-51-54-62-55-57(64-59(61)53-50-47-44-40-18-15-12-9-6-3)56-63-58(60)52-49-46-43-41-38-36-34-32-30-28-26-24-22-20-17-14-11-8-5-2/h17,20,23-26,30,32,57H,4-16,18-19,21-22,27-29,31,33-56H2,1-3H3/b20-17-,25-23-,26-24-,32-30-. The molecule has 0 amide bonds. The Bertz CT molecular complexity index is 1060. The van der Waals surface area contributed by atoms with Crippen molar-refractivity contribution in [2.24, 2.45) is 0 Å². The van der Waals surface area contributed by atoms with Gasteiger partial charge in [-0.2, -0.15) is 0 Å². The van der Waals surface area contributed by atoms with Gasteiger partial charge in [0.15, 0.2) is 6.10 Å². The molecule has 1 unspecified atom stereocenters. The molecule has 0 radical (unpaired) electrons. The monoisotopic (exact) mass is 897 g/mol. The number of ether oxygens (including phenoxy) is 3. The third kappa shape index (κ3) is 52.5. The molecule has 5 heteroatoms. The fourth-order valence-electron chi connectivity index (χ4n) is 8.10. The van der Waals surface area contributed by atoms with Gasteiger partial charge in [0.1, 0.15) is 6.61 Å². The molecule has 1 atom stereocenters. The minimum absolute atomic E-state index is 0.0811. The molecule has 0 aromatic carbocycles. The van der Waals surface area contributed by atoms with Crippen molar-refractivity contribution in [2.75, 3.05) is 19.8 Å². The van der Waals surface area contributed by atoms with Crippen molar-refractivity contribution in [2.45, 2.75) is 297 Å². The molecular weight excluding hydrogens is 789 g/mol. The predicted molar refractivity (Wildman–Crippen MR) is 279 cm³/mol. The minimum atomic E-state index is -0.538. The number of unbranched alkanes of at least 4 members (excludes halogenated alkanes) is 33. The van der Waals surface area contributed by atoms with E-state index in [9.17, 15) is 9.59 Å². The molecule has 0 aliphatic carbocycles. The summed E-state index contributed by atoms with van der Waals surface area (Å²) in [6.07, 6.45) is 68.5. The maximum absolute atomic E-state index is 12.8. The van der Waals surface area contributed by atoms with E-state index >= 15 is 0 Å². The second kappa shape index (κ2) is 55.2. The van der Waals surface area contributed by atoms with Crippen LogP contribution in [0.25, 0.3) is 0 Å². The highest BCUT2D eigenvalue weighted by Gasteiger charge is 2.17. The zero-order valence-corrected chi connectivity index (χ0v) is 43.1. The quantitative estimate of drug-likeness (QED) is 0.0346. The van der Waals surface area contributed by atoms with Crippen molar-refractivity contribution in [1.29, 1.82) is 0 Å². The van der Waals surface area contributed by atoms with Crippen LogP contribution in [0.5, 0.6) is 0 Å².